The van der Waals surface area contributed by atoms with Crippen LogP contribution in [0.3, 0.4) is 0 Å². The van der Waals surface area contributed by atoms with Crippen LogP contribution in [0, 0.1) is 5.92 Å². The van der Waals surface area contributed by atoms with E-state index in [0.717, 1.165) is 24.4 Å². The maximum absolute atomic E-state index is 12.6. The van der Waals surface area contributed by atoms with Crippen LogP contribution in [0.25, 0.3) is 0 Å². The first-order valence-electron chi connectivity index (χ1n) is 9.72. The number of nitrogens with zero attached hydrogens (tertiary/aromatic N) is 6. The van der Waals surface area contributed by atoms with Gasteiger partial charge < -0.3 is 9.80 Å². The molecule has 1 aliphatic rings. The first-order valence-corrected chi connectivity index (χ1v) is 9.72. The Labute approximate surface area is 165 Å². The van der Waals surface area contributed by atoms with Crippen molar-refractivity contribution in [3.05, 3.63) is 46.3 Å². The van der Waals surface area contributed by atoms with Crippen molar-refractivity contribution in [2.24, 2.45) is 5.92 Å². The van der Waals surface area contributed by atoms with Crippen molar-refractivity contribution < 1.29 is 4.79 Å². The Morgan fingerprint density at radius 2 is 1.93 bits per heavy atom. The SMILES string of the molecule is CC(C)c1cc(=O)n(CC2CCN(C(=O)c3ccc(N(C)C)nn3)CC2)cn1. The highest BCUT2D eigenvalue weighted by molar-refractivity contribution is 5.92. The van der Waals surface area contributed by atoms with Gasteiger partial charge in [-0.05, 0) is 36.8 Å². The fourth-order valence-electron chi connectivity index (χ4n) is 3.33. The molecule has 1 amide bonds. The van der Waals surface area contributed by atoms with E-state index in [1.807, 2.05) is 37.7 Å². The average molecular weight is 384 g/mol. The number of likely N-dealkylation sites (tertiary alicyclic amines) is 1. The summed E-state index contributed by atoms with van der Waals surface area (Å²) in [6.07, 6.45) is 3.36. The number of carbonyl (C=O) groups excluding carboxylic acids is 1. The summed E-state index contributed by atoms with van der Waals surface area (Å²) in [5.41, 5.74) is 1.19. The molecule has 3 rings (SSSR count). The monoisotopic (exact) mass is 384 g/mol. The van der Waals surface area contributed by atoms with Gasteiger partial charge in [-0.3, -0.25) is 14.2 Å². The molecular formula is C20H28N6O2. The Morgan fingerprint density at radius 3 is 2.46 bits per heavy atom. The van der Waals surface area contributed by atoms with Gasteiger partial charge in [0, 0.05) is 39.8 Å². The largest absolute Gasteiger partial charge is 0.361 e. The van der Waals surface area contributed by atoms with Gasteiger partial charge in [0.2, 0.25) is 0 Å². The Bertz CT molecular complexity index is 867. The molecule has 1 aliphatic heterocycles. The molecule has 8 heteroatoms. The van der Waals surface area contributed by atoms with Crippen LogP contribution in [0.15, 0.2) is 29.3 Å². The van der Waals surface area contributed by atoms with Crippen LogP contribution < -0.4 is 10.5 Å². The van der Waals surface area contributed by atoms with Crippen LogP contribution in [0.2, 0.25) is 0 Å². The van der Waals surface area contributed by atoms with Gasteiger partial charge in [-0.2, -0.15) is 0 Å². The summed E-state index contributed by atoms with van der Waals surface area (Å²) in [6, 6.07) is 5.14. The number of aromatic nitrogens is 4. The highest BCUT2D eigenvalue weighted by atomic mass is 16.2. The number of rotatable bonds is 5. The highest BCUT2D eigenvalue weighted by Gasteiger charge is 2.25. The maximum atomic E-state index is 12.6. The van der Waals surface area contributed by atoms with Crippen molar-refractivity contribution in [3.63, 3.8) is 0 Å². The average Bonchev–Trinajstić information content (AvgIpc) is 2.69. The van der Waals surface area contributed by atoms with Crippen molar-refractivity contribution in [3.8, 4) is 0 Å². The lowest BCUT2D eigenvalue weighted by Crippen LogP contribution is -2.40. The first-order chi connectivity index (χ1) is 13.3. The summed E-state index contributed by atoms with van der Waals surface area (Å²) in [5.74, 6) is 1.23. The van der Waals surface area contributed by atoms with Crippen LogP contribution in [-0.4, -0.2) is 57.7 Å². The topological polar surface area (TPSA) is 84.2 Å². The normalized spacial score (nSPS) is 15.1. The van der Waals surface area contributed by atoms with Crippen LogP contribution in [0.1, 0.15) is 48.8 Å². The lowest BCUT2D eigenvalue weighted by Gasteiger charge is -2.32. The molecule has 150 valence electrons. The first kappa shape index (κ1) is 20.0. The van der Waals surface area contributed by atoms with E-state index in [9.17, 15) is 9.59 Å². The third-order valence-electron chi connectivity index (χ3n) is 5.18. The molecule has 3 heterocycles. The summed E-state index contributed by atoms with van der Waals surface area (Å²) in [4.78, 5) is 33.0. The molecule has 0 aromatic carbocycles. The fraction of sp³-hybridized carbons (Fsp3) is 0.550. The molecule has 0 radical (unpaired) electrons. The van der Waals surface area contributed by atoms with Gasteiger partial charge in [-0.15, -0.1) is 10.2 Å². The quantitative estimate of drug-likeness (QED) is 0.781. The van der Waals surface area contributed by atoms with Gasteiger partial charge in [-0.25, -0.2) is 4.98 Å². The molecule has 0 aliphatic carbocycles. The van der Waals surface area contributed by atoms with Crippen LogP contribution in [0.4, 0.5) is 5.82 Å². The van der Waals surface area contributed by atoms with E-state index < -0.39 is 0 Å². The lowest BCUT2D eigenvalue weighted by atomic mass is 9.96. The zero-order chi connectivity index (χ0) is 20.3. The Morgan fingerprint density at radius 1 is 1.21 bits per heavy atom. The van der Waals surface area contributed by atoms with Gasteiger partial charge in [0.1, 0.15) is 0 Å². The van der Waals surface area contributed by atoms with Gasteiger partial charge in [0.15, 0.2) is 11.5 Å². The Hall–Kier alpha value is -2.77. The van der Waals surface area contributed by atoms with Crippen LogP contribution in [0.5, 0.6) is 0 Å². The van der Waals surface area contributed by atoms with E-state index in [1.165, 1.54) is 0 Å². The van der Waals surface area contributed by atoms with Crippen LogP contribution in [-0.2, 0) is 6.54 Å². The number of piperidine rings is 1. The second kappa shape index (κ2) is 8.50. The van der Waals surface area contributed by atoms with Gasteiger partial charge in [0.25, 0.3) is 11.5 Å². The summed E-state index contributed by atoms with van der Waals surface area (Å²) in [6.45, 7) is 6.01. The molecule has 2 aromatic heterocycles. The minimum Gasteiger partial charge on any atom is -0.361 e. The zero-order valence-electron chi connectivity index (χ0n) is 17.0. The van der Waals surface area contributed by atoms with Crippen molar-refractivity contribution in [1.29, 1.82) is 0 Å². The maximum Gasteiger partial charge on any atom is 0.274 e. The predicted molar refractivity (Wildman–Crippen MR) is 108 cm³/mol. The van der Waals surface area contributed by atoms with E-state index >= 15 is 0 Å². The molecular weight excluding hydrogens is 356 g/mol. The molecule has 28 heavy (non-hydrogen) atoms. The molecule has 0 bridgehead atoms. The number of amides is 1. The van der Waals surface area contributed by atoms with Gasteiger partial charge >= 0.3 is 0 Å². The lowest BCUT2D eigenvalue weighted by molar-refractivity contribution is 0.0675. The summed E-state index contributed by atoms with van der Waals surface area (Å²) >= 11 is 0. The minimum absolute atomic E-state index is 0.00605. The third-order valence-corrected chi connectivity index (χ3v) is 5.18. The standard InChI is InChI=1S/C20H28N6O2/c1-14(2)17-11-19(27)26(13-21-17)12-15-7-9-25(10-8-15)20(28)16-5-6-18(23-22-16)24(3)4/h5-6,11,13-15H,7-10,12H2,1-4H3. The second-order valence-corrected chi connectivity index (χ2v) is 7.87. The number of hydrogen-bond acceptors (Lipinski definition) is 6. The van der Waals surface area contributed by atoms with E-state index in [4.69, 9.17) is 0 Å². The summed E-state index contributed by atoms with van der Waals surface area (Å²) in [5, 5.41) is 8.14. The number of hydrogen-bond donors (Lipinski definition) is 0. The Kier molecular flexibility index (Phi) is 6.06. The molecule has 0 unspecified atom stereocenters. The van der Waals surface area contributed by atoms with Gasteiger partial charge in [0.05, 0.1) is 12.0 Å². The van der Waals surface area contributed by atoms with Gasteiger partial charge in [-0.1, -0.05) is 13.8 Å². The molecule has 1 saturated heterocycles. The minimum atomic E-state index is -0.0867. The van der Waals surface area contributed by atoms with Crippen molar-refractivity contribution >= 4 is 11.7 Å². The molecule has 0 saturated carbocycles. The van der Waals surface area contributed by atoms with Crippen molar-refractivity contribution in [2.75, 3.05) is 32.1 Å². The van der Waals surface area contributed by atoms with Crippen molar-refractivity contribution in [1.82, 2.24) is 24.6 Å². The summed E-state index contributed by atoms with van der Waals surface area (Å²) in [7, 11) is 3.76. The number of anilines is 1. The fourth-order valence-corrected chi connectivity index (χ4v) is 3.33. The van der Waals surface area contributed by atoms with E-state index in [1.54, 1.807) is 29.1 Å². The molecule has 8 nitrogen and oxygen atoms in total. The molecule has 2 aromatic rings. The zero-order valence-corrected chi connectivity index (χ0v) is 17.0. The molecule has 0 spiro atoms. The second-order valence-electron chi connectivity index (χ2n) is 7.87. The highest BCUT2D eigenvalue weighted by Crippen LogP contribution is 2.20. The van der Waals surface area contributed by atoms with E-state index in [0.29, 0.717) is 31.2 Å². The Balaban J connectivity index is 1.57. The molecule has 0 N–H and O–H groups in total. The number of carbonyl (C=O) groups is 1. The van der Waals surface area contributed by atoms with Crippen molar-refractivity contribution in [2.45, 2.75) is 39.2 Å². The van der Waals surface area contributed by atoms with Crippen LogP contribution >= 0.6 is 0 Å². The smallest absolute Gasteiger partial charge is 0.274 e. The third kappa shape index (κ3) is 4.55. The predicted octanol–water partition coefficient (Wildman–Crippen LogP) is 1.78. The molecule has 0 atom stereocenters. The van der Waals surface area contributed by atoms with E-state index in [-0.39, 0.29) is 17.4 Å². The van der Waals surface area contributed by atoms with E-state index in [2.05, 4.69) is 15.2 Å². The molecule has 1 fully saturated rings. The summed E-state index contributed by atoms with van der Waals surface area (Å²) < 4.78 is 1.68.